The van der Waals surface area contributed by atoms with E-state index in [2.05, 4.69) is 0 Å². The number of nitrogens with two attached hydrogens (primary N) is 1. The van der Waals surface area contributed by atoms with Crippen LogP contribution in [-0.2, 0) is 16.0 Å². The Kier molecular flexibility index (Phi) is 7.59. The minimum Gasteiger partial charge on any atom is -0.493 e. The molecule has 0 unspecified atom stereocenters. The van der Waals surface area contributed by atoms with Gasteiger partial charge in [0.25, 0.3) is 0 Å². The molecule has 0 radical (unpaired) electrons. The van der Waals surface area contributed by atoms with Crippen LogP contribution in [0, 0.1) is 0 Å². The van der Waals surface area contributed by atoms with Crippen LogP contribution in [0.15, 0.2) is 24.3 Å². The van der Waals surface area contributed by atoms with Gasteiger partial charge < -0.3 is 19.9 Å². The summed E-state index contributed by atoms with van der Waals surface area (Å²) in [5, 5.41) is 0. The Morgan fingerprint density at radius 1 is 1.05 bits per heavy atom. The molecular weight excluding hydrogens is 254 g/mol. The third kappa shape index (κ3) is 8.15. The maximum Gasteiger partial charge on any atom is 0.119 e. The smallest absolute Gasteiger partial charge is 0.119 e. The Bertz CT molecular complexity index is 374. The lowest BCUT2D eigenvalue weighted by atomic mass is 10.2. The lowest BCUT2D eigenvalue weighted by Crippen LogP contribution is -2.22. The maximum absolute atomic E-state index is 5.64. The summed E-state index contributed by atoms with van der Waals surface area (Å²) >= 11 is 0. The molecule has 4 heteroatoms. The summed E-state index contributed by atoms with van der Waals surface area (Å²) in [5.41, 5.74) is 6.57. The summed E-state index contributed by atoms with van der Waals surface area (Å²) in [7, 11) is 0. The Morgan fingerprint density at radius 3 is 2.55 bits per heavy atom. The number of ether oxygens (including phenoxy) is 3. The molecule has 0 bridgehead atoms. The molecule has 20 heavy (non-hydrogen) atoms. The van der Waals surface area contributed by atoms with E-state index in [1.165, 1.54) is 0 Å². The van der Waals surface area contributed by atoms with Crippen molar-refractivity contribution in [2.45, 2.75) is 39.3 Å². The SMILES string of the molecule is CC(C)(C)OCCOCCCOc1cccc(CN)c1. The van der Waals surface area contributed by atoms with Crippen LogP contribution >= 0.6 is 0 Å². The molecule has 1 aromatic carbocycles. The Labute approximate surface area is 122 Å². The van der Waals surface area contributed by atoms with Crippen LogP contribution in [-0.4, -0.2) is 32.0 Å². The van der Waals surface area contributed by atoms with Crippen molar-refractivity contribution in [3.8, 4) is 5.75 Å². The molecule has 0 spiro atoms. The third-order valence-corrected chi connectivity index (χ3v) is 2.60. The number of hydrogen-bond acceptors (Lipinski definition) is 4. The van der Waals surface area contributed by atoms with Gasteiger partial charge in [-0.1, -0.05) is 12.1 Å². The summed E-state index contributed by atoms with van der Waals surface area (Å²) in [4.78, 5) is 0. The van der Waals surface area contributed by atoms with E-state index in [1.54, 1.807) is 0 Å². The van der Waals surface area contributed by atoms with Gasteiger partial charge in [-0.15, -0.1) is 0 Å². The molecule has 1 aromatic rings. The molecule has 0 atom stereocenters. The van der Waals surface area contributed by atoms with Crippen LogP contribution in [0.25, 0.3) is 0 Å². The van der Waals surface area contributed by atoms with Gasteiger partial charge >= 0.3 is 0 Å². The van der Waals surface area contributed by atoms with Gasteiger partial charge in [-0.25, -0.2) is 0 Å². The highest BCUT2D eigenvalue weighted by molar-refractivity contribution is 5.28. The van der Waals surface area contributed by atoms with Crippen LogP contribution in [0.4, 0.5) is 0 Å². The fourth-order valence-electron chi connectivity index (χ4n) is 1.62. The average Bonchev–Trinajstić information content (AvgIpc) is 2.41. The Hall–Kier alpha value is -1.10. The average molecular weight is 281 g/mol. The molecule has 0 heterocycles. The largest absolute Gasteiger partial charge is 0.493 e. The topological polar surface area (TPSA) is 53.7 Å². The number of benzene rings is 1. The van der Waals surface area contributed by atoms with Crippen molar-refractivity contribution in [2.24, 2.45) is 5.73 Å². The lowest BCUT2D eigenvalue weighted by molar-refractivity contribution is -0.0357. The molecule has 0 amide bonds. The molecule has 0 aliphatic rings. The van der Waals surface area contributed by atoms with Gasteiger partial charge in [-0.05, 0) is 38.5 Å². The van der Waals surface area contributed by atoms with Crippen molar-refractivity contribution in [1.82, 2.24) is 0 Å². The molecule has 4 nitrogen and oxygen atoms in total. The first-order valence-corrected chi connectivity index (χ1v) is 7.15. The molecule has 0 saturated heterocycles. The van der Waals surface area contributed by atoms with Crippen LogP contribution in [0.5, 0.6) is 5.75 Å². The standard InChI is InChI=1S/C16H27NO3/c1-16(2,3)20-11-10-18-8-5-9-19-15-7-4-6-14(12-15)13-17/h4,6-7,12H,5,8-11,13,17H2,1-3H3. The first kappa shape index (κ1) is 17.0. The summed E-state index contributed by atoms with van der Waals surface area (Å²) in [5.74, 6) is 0.865. The van der Waals surface area contributed by atoms with Crippen molar-refractivity contribution < 1.29 is 14.2 Å². The third-order valence-electron chi connectivity index (χ3n) is 2.60. The molecular formula is C16H27NO3. The van der Waals surface area contributed by atoms with Crippen molar-refractivity contribution in [2.75, 3.05) is 26.4 Å². The molecule has 0 fully saturated rings. The van der Waals surface area contributed by atoms with Crippen molar-refractivity contribution in [1.29, 1.82) is 0 Å². The Morgan fingerprint density at radius 2 is 1.85 bits per heavy atom. The van der Waals surface area contributed by atoms with Crippen LogP contribution < -0.4 is 10.5 Å². The summed E-state index contributed by atoms with van der Waals surface area (Å²) < 4.78 is 16.7. The van der Waals surface area contributed by atoms with Crippen LogP contribution in [0.3, 0.4) is 0 Å². The molecule has 0 saturated carbocycles. The van der Waals surface area contributed by atoms with Gasteiger partial charge in [0, 0.05) is 19.6 Å². The summed E-state index contributed by atoms with van der Waals surface area (Å²) in [6, 6.07) is 7.86. The van der Waals surface area contributed by atoms with E-state index in [0.29, 0.717) is 33.0 Å². The van der Waals surface area contributed by atoms with Crippen molar-refractivity contribution >= 4 is 0 Å². The second kappa shape index (κ2) is 8.95. The monoisotopic (exact) mass is 281 g/mol. The second-order valence-electron chi connectivity index (χ2n) is 5.63. The van der Waals surface area contributed by atoms with Gasteiger partial charge in [-0.3, -0.25) is 0 Å². The zero-order valence-electron chi connectivity index (χ0n) is 12.9. The molecule has 2 N–H and O–H groups in total. The first-order chi connectivity index (χ1) is 9.51. The highest BCUT2D eigenvalue weighted by atomic mass is 16.5. The van der Waals surface area contributed by atoms with Crippen LogP contribution in [0.1, 0.15) is 32.8 Å². The van der Waals surface area contributed by atoms with Crippen molar-refractivity contribution in [3.63, 3.8) is 0 Å². The summed E-state index contributed by atoms with van der Waals surface area (Å²) in [6.45, 7) is 9.23. The highest BCUT2D eigenvalue weighted by Crippen LogP contribution is 2.13. The van der Waals surface area contributed by atoms with Gasteiger partial charge in [0.05, 0.1) is 25.4 Å². The molecule has 0 aliphatic heterocycles. The van der Waals surface area contributed by atoms with E-state index in [9.17, 15) is 0 Å². The van der Waals surface area contributed by atoms with E-state index in [-0.39, 0.29) is 5.60 Å². The number of rotatable bonds is 9. The predicted octanol–water partition coefficient (Wildman–Crippen LogP) is 2.75. The molecule has 0 aliphatic carbocycles. The fraction of sp³-hybridized carbons (Fsp3) is 0.625. The van der Waals surface area contributed by atoms with Gasteiger partial charge in [0.2, 0.25) is 0 Å². The van der Waals surface area contributed by atoms with Gasteiger partial charge in [-0.2, -0.15) is 0 Å². The minimum atomic E-state index is -0.0967. The second-order valence-corrected chi connectivity index (χ2v) is 5.63. The molecule has 1 rings (SSSR count). The van der Waals surface area contributed by atoms with Gasteiger partial charge in [0.1, 0.15) is 5.75 Å². The fourth-order valence-corrected chi connectivity index (χ4v) is 1.62. The molecule has 114 valence electrons. The summed E-state index contributed by atoms with van der Waals surface area (Å²) in [6.07, 6.45) is 0.863. The van der Waals surface area contributed by atoms with Crippen LogP contribution in [0.2, 0.25) is 0 Å². The van der Waals surface area contributed by atoms with Crippen molar-refractivity contribution in [3.05, 3.63) is 29.8 Å². The zero-order valence-corrected chi connectivity index (χ0v) is 12.9. The first-order valence-electron chi connectivity index (χ1n) is 7.15. The zero-order chi connectivity index (χ0) is 14.8. The Balaban J connectivity index is 2.02. The number of hydrogen-bond donors (Lipinski definition) is 1. The van der Waals surface area contributed by atoms with E-state index in [1.807, 2.05) is 45.0 Å². The van der Waals surface area contributed by atoms with E-state index in [4.69, 9.17) is 19.9 Å². The van der Waals surface area contributed by atoms with E-state index >= 15 is 0 Å². The highest BCUT2D eigenvalue weighted by Gasteiger charge is 2.08. The van der Waals surface area contributed by atoms with E-state index in [0.717, 1.165) is 17.7 Å². The van der Waals surface area contributed by atoms with Gasteiger partial charge in [0.15, 0.2) is 0 Å². The quantitative estimate of drug-likeness (QED) is 0.707. The maximum atomic E-state index is 5.64. The minimum absolute atomic E-state index is 0.0967. The lowest BCUT2D eigenvalue weighted by Gasteiger charge is -2.19. The predicted molar refractivity (Wildman–Crippen MR) is 81.0 cm³/mol. The molecule has 0 aromatic heterocycles. The normalized spacial score (nSPS) is 11.6. The van der Waals surface area contributed by atoms with E-state index < -0.39 is 0 Å².